The Bertz CT molecular complexity index is 909. The summed E-state index contributed by atoms with van der Waals surface area (Å²) >= 11 is 0. The van der Waals surface area contributed by atoms with E-state index >= 15 is 0 Å². The standard InChI is InChI=1S/C21H20N2O4/c1-26-20-19(27-18-7-2-3-8-18)10-14(13-23-20)9-17(12-22)15-5-4-6-16(11-15)21(24)25/h4-6,9-11,13,18H,2-3,7-8H2,1H3,(H,24,25)/b17-9+. The van der Waals surface area contributed by atoms with Gasteiger partial charge in [0, 0.05) is 6.20 Å². The van der Waals surface area contributed by atoms with Crippen LogP contribution in [0.1, 0.15) is 47.2 Å². The maximum absolute atomic E-state index is 11.2. The summed E-state index contributed by atoms with van der Waals surface area (Å²) < 4.78 is 11.3. The van der Waals surface area contributed by atoms with Gasteiger partial charge in [0.15, 0.2) is 5.75 Å². The summed E-state index contributed by atoms with van der Waals surface area (Å²) in [5, 5.41) is 18.7. The number of aromatic carboxylic acids is 1. The normalized spacial score (nSPS) is 14.6. The summed E-state index contributed by atoms with van der Waals surface area (Å²) in [5.41, 5.74) is 1.69. The smallest absolute Gasteiger partial charge is 0.335 e. The van der Waals surface area contributed by atoms with Crippen LogP contribution in [0.4, 0.5) is 0 Å². The molecule has 6 heteroatoms. The number of carbonyl (C=O) groups is 1. The zero-order valence-corrected chi connectivity index (χ0v) is 15.0. The lowest BCUT2D eigenvalue weighted by molar-refractivity contribution is 0.0697. The van der Waals surface area contributed by atoms with Gasteiger partial charge in [0.05, 0.1) is 30.4 Å². The molecule has 1 fully saturated rings. The minimum absolute atomic E-state index is 0.131. The van der Waals surface area contributed by atoms with Gasteiger partial charge in [0.1, 0.15) is 0 Å². The predicted octanol–water partition coefficient (Wildman–Crippen LogP) is 4.17. The lowest BCUT2D eigenvalue weighted by Crippen LogP contribution is -2.12. The van der Waals surface area contributed by atoms with Gasteiger partial charge in [-0.2, -0.15) is 5.26 Å². The fourth-order valence-corrected chi connectivity index (χ4v) is 3.12. The van der Waals surface area contributed by atoms with Crippen LogP contribution in [0.3, 0.4) is 0 Å². The zero-order valence-electron chi connectivity index (χ0n) is 15.0. The molecule has 1 N–H and O–H groups in total. The van der Waals surface area contributed by atoms with Crippen molar-refractivity contribution in [3.05, 3.63) is 53.2 Å². The Morgan fingerprint density at radius 3 is 2.70 bits per heavy atom. The number of rotatable bonds is 6. The molecule has 1 aliphatic carbocycles. The molecule has 1 aromatic carbocycles. The molecule has 27 heavy (non-hydrogen) atoms. The molecule has 3 rings (SSSR count). The van der Waals surface area contributed by atoms with Gasteiger partial charge in [0.25, 0.3) is 5.88 Å². The molecule has 0 aliphatic heterocycles. The van der Waals surface area contributed by atoms with Crippen LogP contribution in [-0.4, -0.2) is 29.3 Å². The van der Waals surface area contributed by atoms with Gasteiger partial charge in [-0.1, -0.05) is 12.1 Å². The third kappa shape index (κ3) is 4.45. The average Bonchev–Trinajstić information content (AvgIpc) is 3.19. The number of nitriles is 1. The number of carboxylic acid groups (broad SMARTS) is 1. The van der Waals surface area contributed by atoms with E-state index in [1.54, 1.807) is 30.5 Å². The first-order valence-electron chi connectivity index (χ1n) is 8.77. The minimum Gasteiger partial charge on any atom is -0.485 e. The molecule has 0 amide bonds. The maximum Gasteiger partial charge on any atom is 0.335 e. The van der Waals surface area contributed by atoms with Crippen LogP contribution in [-0.2, 0) is 0 Å². The monoisotopic (exact) mass is 364 g/mol. The summed E-state index contributed by atoms with van der Waals surface area (Å²) in [6, 6.07) is 10.2. The van der Waals surface area contributed by atoms with E-state index in [0.29, 0.717) is 28.3 Å². The van der Waals surface area contributed by atoms with Crippen LogP contribution in [0.25, 0.3) is 11.6 Å². The number of nitrogens with zero attached hydrogens (tertiary/aromatic N) is 2. The topological polar surface area (TPSA) is 92.4 Å². The van der Waals surface area contributed by atoms with Crippen LogP contribution in [0.15, 0.2) is 36.5 Å². The van der Waals surface area contributed by atoms with Crippen molar-refractivity contribution < 1.29 is 19.4 Å². The quantitative estimate of drug-likeness (QED) is 0.773. The molecule has 1 aromatic heterocycles. The molecule has 0 unspecified atom stereocenters. The second kappa shape index (κ2) is 8.37. The minimum atomic E-state index is -1.03. The molecule has 0 saturated heterocycles. The van der Waals surface area contributed by atoms with E-state index in [-0.39, 0.29) is 11.7 Å². The van der Waals surface area contributed by atoms with Crippen molar-refractivity contribution in [1.29, 1.82) is 5.26 Å². The number of methoxy groups -OCH3 is 1. The Balaban J connectivity index is 1.93. The first kappa shape index (κ1) is 18.5. The molecular weight excluding hydrogens is 344 g/mol. The third-order valence-corrected chi connectivity index (χ3v) is 4.48. The predicted molar refractivity (Wildman–Crippen MR) is 101 cm³/mol. The van der Waals surface area contributed by atoms with Gasteiger partial charge < -0.3 is 14.6 Å². The molecule has 138 valence electrons. The highest BCUT2D eigenvalue weighted by Gasteiger charge is 2.19. The molecular formula is C21H20N2O4. The molecule has 1 heterocycles. The maximum atomic E-state index is 11.2. The van der Waals surface area contributed by atoms with Gasteiger partial charge in [-0.3, -0.25) is 0 Å². The molecule has 0 spiro atoms. The van der Waals surface area contributed by atoms with Crippen LogP contribution in [0, 0.1) is 11.3 Å². The van der Waals surface area contributed by atoms with Crippen LogP contribution < -0.4 is 9.47 Å². The number of ether oxygens (including phenoxy) is 2. The van der Waals surface area contributed by atoms with Gasteiger partial charge in [0.2, 0.25) is 0 Å². The lowest BCUT2D eigenvalue weighted by Gasteiger charge is -2.15. The van der Waals surface area contributed by atoms with Crippen molar-refractivity contribution in [2.75, 3.05) is 7.11 Å². The average molecular weight is 364 g/mol. The van der Waals surface area contributed by atoms with E-state index < -0.39 is 5.97 Å². The zero-order chi connectivity index (χ0) is 19.2. The van der Waals surface area contributed by atoms with E-state index in [0.717, 1.165) is 25.7 Å². The number of hydrogen-bond donors (Lipinski definition) is 1. The Labute approximate surface area is 157 Å². The Kier molecular flexibility index (Phi) is 5.72. The van der Waals surface area contributed by atoms with Crippen molar-refractivity contribution in [2.24, 2.45) is 0 Å². The van der Waals surface area contributed by atoms with Crippen LogP contribution in [0.5, 0.6) is 11.6 Å². The van der Waals surface area contributed by atoms with Crippen molar-refractivity contribution in [2.45, 2.75) is 31.8 Å². The van der Waals surface area contributed by atoms with Crippen LogP contribution >= 0.6 is 0 Å². The molecule has 0 bridgehead atoms. The second-order valence-electron chi connectivity index (χ2n) is 6.36. The number of allylic oxidation sites excluding steroid dienone is 1. The summed E-state index contributed by atoms with van der Waals surface area (Å²) in [4.78, 5) is 15.4. The van der Waals surface area contributed by atoms with Crippen molar-refractivity contribution in [1.82, 2.24) is 4.98 Å². The van der Waals surface area contributed by atoms with E-state index in [2.05, 4.69) is 11.1 Å². The van der Waals surface area contributed by atoms with E-state index in [9.17, 15) is 10.1 Å². The second-order valence-corrected chi connectivity index (χ2v) is 6.36. The van der Waals surface area contributed by atoms with Crippen LogP contribution in [0.2, 0.25) is 0 Å². The Morgan fingerprint density at radius 2 is 2.04 bits per heavy atom. The fraction of sp³-hybridized carbons (Fsp3) is 0.286. The molecule has 1 aliphatic rings. The number of aromatic nitrogens is 1. The van der Waals surface area contributed by atoms with E-state index in [1.807, 2.05) is 0 Å². The van der Waals surface area contributed by atoms with E-state index in [1.165, 1.54) is 19.2 Å². The molecule has 0 radical (unpaired) electrons. The van der Waals surface area contributed by atoms with Crippen molar-refractivity contribution in [3.63, 3.8) is 0 Å². The fourth-order valence-electron chi connectivity index (χ4n) is 3.12. The van der Waals surface area contributed by atoms with Crippen molar-refractivity contribution in [3.8, 4) is 17.7 Å². The highest BCUT2D eigenvalue weighted by atomic mass is 16.5. The highest BCUT2D eigenvalue weighted by Crippen LogP contribution is 2.31. The number of carboxylic acids is 1. The Hall–Kier alpha value is -3.33. The highest BCUT2D eigenvalue weighted by molar-refractivity contribution is 5.93. The SMILES string of the molecule is COc1ncc(/C=C(\C#N)c2cccc(C(=O)O)c2)cc1OC1CCCC1. The van der Waals surface area contributed by atoms with E-state index in [4.69, 9.17) is 14.6 Å². The van der Waals surface area contributed by atoms with Crippen molar-refractivity contribution >= 4 is 17.6 Å². The summed E-state index contributed by atoms with van der Waals surface area (Å²) in [7, 11) is 1.54. The number of hydrogen-bond acceptors (Lipinski definition) is 5. The summed E-state index contributed by atoms with van der Waals surface area (Å²) in [6.07, 6.45) is 7.73. The molecule has 6 nitrogen and oxygen atoms in total. The lowest BCUT2D eigenvalue weighted by atomic mass is 10.0. The molecule has 1 saturated carbocycles. The number of pyridine rings is 1. The first-order valence-corrected chi connectivity index (χ1v) is 8.77. The first-order chi connectivity index (χ1) is 13.1. The van der Waals surface area contributed by atoms with Gasteiger partial charge in [-0.25, -0.2) is 9.78 Å². The summed E-state index contributed by atoms with van der Waals surface area (Å²) in [6.45, 7) is 0. The molecule has 0 atom stereocenters. The third-order valence-electron chi connectivity index (χ3n) is 4.48. The van der Waals surface area contributed by atoms with Gasteiger partial charge in [-0.15, -0.1) is 0 Å². The number of benzene rings is 1. The van der Waals surface area contributed by atoms with Gasteiger partial charge in [-0.05, 0) is 61.1 Å². The van der Waals surface area contributed by atoms with Gasteiger partial charge >= 0.3 is 5.97 Å². The largest absolute Gasteiger partial charge is 0.485 e. The molecule has 2 aromatic rings. The summed E-state index contributed by atoms with van der Waals surface area (Å²) in [5.74, 6) is -0.0762. The Morgan fingerprint density at radius 1 is 1.30 bits per heavy atom.